The SMILES string of the molecule is CCc1c(N)ccc(Br)c1C. The number of hydrogen-bond donors (Lipinski definition) is 1. The Morgan fingerprint density at radius 1 is 1.45 bits per heavy atom. The zero-order chi connectivity index (χ0) is 8.43. The Kier molecular flexibility index (Phi) is 2.55. The van der Waals surface area contributed by atoms with Crippen LogP contribution in [0, 0.1) is 6.92 Å². The average Bonchev–Trinajstić information content (AvgIpc) is 1.99. The fraction of sp³-hybridized carbons (Fsp3) is 0.333. The van der Waals surface area contributed by atoms with Gasteiger partial charge in [-0.15, -0.1) is 0 Å². The molecule has 60 valence electrons. The van der Waals surface area contributed by atoms with Gasteiger partial charge >= 0.3 is 0 Å². The Labute approximate surface area is 75.7 Å². The van der Waals surface area contributed by atoms with Gasteiger partial charge < -0.3 is 5.73 Å². The molecule has 2 heteroatoms. The molecule has 0 saturated heterocycles. The minimum atomic E-state index is 0.896. The number of halogens is 1. The molecule has 0 heterocycles. The molecule has 0 fully saturated rings. The van der Waals surface area contributed by atoms with Gasteiger partial charge in [0.1, 0.15) is 0 Å². The van der Waals surface area contributed by atoms with E-state index in [9.17, 15) is 0 Å². The van der Waals surface area contributed by atoms with E-state index in [0.717, 1.165) is 16.6 Å². The summed E-state index contributed by atoms with van der Waals surface area (Å²) in [5, 5.41) is 0. The lowest BCUT2D eigenvalue weighted by molar-refractivity contribution is 1.11. The molecule has 2 N–H and O–H groups in total. The Bertz CT molecular complexity index is 269. The number of nitrogen functional groups attached to an aromatic ring is 1. The molecule has 0 atom stereocenters. The van der Waals surface area contributed by atoms with E-state index in [1.165, 1.54) is 11.1 Å². The van der Waals surface area contributed by atoms with Crippen molar-refractivity contribution in [1.29, 1.82) is 0 Å². The van der Waals surface area contributed by atoms with E-state index in [1.54, 1.807) is 0 Å². The van der Waals surface area contributed by atoms with Gasteiger partial charge in [0.05, 0.1) is 0 Å². The van der Waals surface area contributed by atoms with Crippen molar-refractivity contribution in [1.82, 2.24) is 0 Å². The molecule has 0 saturated carbocycles. The fourth-order valence-electron chi connectivity index (χ4n) is 1.22. The number of hydrogen-bond acceptors (Lipinski definition) is 1. The molecule has 0 spiro atoms. The van der Waals surface area contributed by atoms with E-state index in [4.69, 9.17) is 5.73 Å². The Morgan fingerprint density at radius 3 is 2.55 bits per heavy atom. The third-order valence-electron chi connectivity index (χ3n) is 1.92. The first-order chi connectivity index (χ1) is 5.16. The first kappa shape index (κ1) is 8.60. The number of benzene rings is 1. The summed E-state index contributed by atoms with van der Waals surface area (Å²) < 4.78 is 1.14. The highest BCUT2D eigenvalue weighted by Gasteiger charge is 2.02. The quantitative estimate of drug-likeness (QED) is 0.714. The highest BCUT2D eigenvalue weighted by molar-refractivity contribution is 9.10. The maximum atomic E-state index is 5.78. The second-order valence-corrected chi connectivity index (χ2v) is 3.45. The van der Waals surface area contributed by atoms with Gasteiger partial charge in [0, 0.05) is 10.2 Å². The van der Waals surface area contributed by atoms with Gasteiger partial charge in [0.15, 0.2) is 0 Å². The topological polar surface area (TPSA) is 26.0 Å². The molecule has 1 rings (SSSR count). The van der Waals surface area contributed by atoms with Crippen LogP contribution in [-0.2, 0) is 6.42 Å². The molecule has 0 radical (unpaired) electrons. The van der Waals surface area contributed by atoms with E-state index < -0.39 is 0 Å². The maximum Gasteiger partial charge on any atom is 0.0349 e. The van der Waals surface area contributed by atoms with E-state index in [-0.39, 0.29) is 0 Å². The summed E-state index contributed by atoms with van der Waals surface area (Å²) in [6.45, 7) is 4.20. The fourth-order valence-corrected chi connectivity index (χ4v) is 1.59. The summed E-state index contributed by atoms with van der Waals surface area (Å²) >= 11 is 3.47. The van der Waals surface area contributed by atoms with Crippen molar-refractivity contribution in [2.24, 2.45) is 0 Å². The zero-order valence-corrected chi connectivity index (χ0v) is 8.40. The smallest absolute Gasteiger partial charge is 0.0349 e. The molecule has 1 aromatic carbocycles. The highest BCUT2D eigenvalue weighted by Crippen LogP contribution is 2.24. The molecule has 0 aliphatic rings. The summed E-state index contributed by atoms with van der Waals surface area (Å²) in [5.74, 6) is 0. The first-order valence-corrected chi connectivity index (χ1v) is 4.49. The summed E-state index contributed by atoms with van der Waals surface area (Å²) in [5.41, 5.74) is 9.18. The van der Waals surface area contributed by atoms with Crippen molar-refractivity contribution in [3.05, 3.63) is 27.7 Å². The van der Waals surface area contributed by atoms with Gasteiger partial charge in [0.25, 0.3) is 0 Å². The van der Waals surface area contributed by atoms with Crippen LogP contribution in [0.2, 0.25) is 0 Å². The van der Waals surface area contributed by atoms with Crippen molar-refractivity contribution < 1.29 is 0 Å². The molecule has 0 aromatic heterocycles. The minimum absolute atomic E-state index is 0.896. The lowest BCUT2D eigenvalue weighted by atomic mass is 10.0. The van der Waals surface area contributed by atoms with Crippen molar-refractivity contribution in [3.8, 4) is 0 Å². The predicted octanol–water partition coefficient (Wildman–Crippen LogP) is 2.90. The van der Waals surface area contributed by atoms with E-state index >= 15 is 0 Å². The molecule has 0 aliphatic heterocycles. The number of anilines is 1. The van der Waals surface area contributed by atoms with Gasteiger partial charge in [0.2, 0.25) is 0 Å². The third kappa shape index (κ3) is 1.56. The second kappa shape index (κ2) is 3.26. The van der Waals surface area contributed by atoms with Gasteiger partial charge in [-0.25, -0.2) is 0 Å². The molecule has 11 heavy (non-hydrogen) atoms. The number of rotatable bonds is 1. The summed E-state index contributed by atoms with van der Waals surface area (Å²) in [7, 11) is 0. The summed E-state index contributed by atoms with van der Waals surface area (Å²) in [6, 6.07) is 3.93. The Hall–Kier alpha value is -0.500. The molecule has 1 aromatic rings. The van der Waals surface area contributed by atoms with Crippen molar-refractivity contribution in [2.75, 3.05) is 5.73 Å². The summed E-state index contributed by atoms with van der Waals surface area (Å²) in [4.78, 5) is 0. The second-order valence-electron chi connectivity index (χ2n) is 2.59. The van der Waals surface area contributed by atoms with Gasteiger partial charge in [-0.3, -0.25) is 0 Å². The lowest BCUT2D eigenvalue weighted by Crippen LogP contribution is -1.96. The zero-order valence-electron chi connectivity index (χ0n) is 6.82. The molecule has 0 bridgehead atoms. The van der Waals surface area contributed by atoms with Crippen LogP contribution in [0.4, 0.5) is 5.69 Å². The van der Waals surface area contributed by atoms with Crippen LogP contribution in [0.25, 0.3) is 0 Å². The largest absolute Gasteiger partial charge is 0.398 e. The van der Waals surface area contributed by atoms with Crippen LogP contribution in [0.15, 0.2) is 16.6 Å². The molecular formula is C9H12BrN. The van der Waals surface area contributed by atoms with Crippen molar-refractivity contribution >= 4 is 21.6 Å². The van der Waals surface area contributed by atoms with Crippen LogP contribution in [0.1, 0.15) is 18.1 Å². The van der Waals surface area contributed by atoms with Crippen LogP contribution < -0.4 is 5.73 Å². The van der Waals surface area contributed by atoms with Gasteiger partial charge in [-0.1, -0.05) is 22.9 Å². The molecule has 0 aliphatic carbocycles. The standard InChI is InChI=1S/C9H12BrN/c1-3-7-6(2)8(10)4-5-9(7)11/h4-5H,3,11H2,1-2H3. The van der Waals surface area contributed by atoms with E-state index in [2.05, 4.69) is 29.8 Å². The Morgan fingerprint density at radius 2 is 2.09 bits per heavy atom. The van der Waals surface area contributed by atoms with Gasteiger partial charge in [-0.2, -0.15) is 0 Å². The first-order valence-electron chi connectivity index (χ1n) is 3.70. The average molecular weight is 214 g/mol. The molecule has 1 nitrogen and oxygen atoms in total. The minimum Gasteiger partial charge on any atom is -0.398 e. The summed E-state index contributed by atoms with van der Waals surface area (Å²) in [6.07, 6.45) is 0.997. The normalized spacial score (nSPS) is 10.1. The van der Waals surface area contributed by atoms with Crippen molar-refractivity contribution in [3.63, 3.8) is 0 Å². The van der Waals surface area contributed by atoms with Crippen LogP contribution in [0.3, 0.4) is 0 Å². The van der Waals surface area contributed by atoms with E-state index in [1.807, 2.05) is 12.1 Å². The monoisotopic (exact) mass is 213 g/mol. The van der Waals surface area contributed by atoms with Crippen LogP contribution >= 0.6 is 15.9 Å². The Balaban J connectivity index is 3.29. The lowest BCUT2D eigenvalue weighted by Gasteiger charge is -2.07. The van der Waals surface area contributed by atoms with Crippen LogP contribution in [-0.4, -0.2) is 0 Å². The molecule has 0 unspecified atom stereocenters. The van der Waals surface area contributed by atoms with Crippen molar-refractivity contribution in [2.45, 2.75) is 20.3 Å². The van der Waals surface area contributed by atoms with Gasteiger partial charge in [-0.05, 0) is 36.6 Å². The third-order valence-corrected chi connectivity index (χ3v) is 2.78. The predicted molar refractivity (Wildman–Crippen MR) is 52.7 cm³/mol. The van der Waals surface area contributed by atoms with Crippen LogP contribution in [0.5, 0.6) is 0 Å². The highest BCUT2D eigenvalue weighted by atomic mass is 79.9. The maximum absolute atomic E-state index is 5.78. The number of nitrogens with two attached hydrogens (primary N) is 1. The van der Waals surface area contributed by atoms with E-state index in [0.29, 0.717) is 0 Å². The molecular weight excluding hydrogens is 202 g/mol. The molecule has 0 amide bonds.